The Morgan fingerprint density at radius 1 is 1.00 bits per heavy atom. The van der Waals surface area contributed by atoms with Crippen LogP contribution in [-0.2, 0) is 13.1 Å². The third-order valence-electron chi connectivity index (χ3n) is 5.15. The van der Waals surface area contributed by atoms with Crippen LogP contribution in [0.1, 0.15) is 52.4 Å². The number of aromatic nitrogens is 4. The average Bonchev–Trinajstić information content (AvgIpc) is 2.87. The molecule has 0 aliphatic carbocycles. The number of hydrogen-bond donors (Lipinski definition) is 1. The van der Waals surface area contributed by atoms with E-state index >= 15 is 0 Å². The fraction of sp³-hybridized carbons (Fsp3) is 0.409. The molecule has 5 heteroatoms. The molecule has 142 valence electrons. The van der Waals surface area contributed by atoms with Crippen molar-refractivity contribution in [1.82, 2.24) is 19.7 Å². The highest BCUT2D eigenvalue weighted by Gasteiger charge is 2.14. The molecule has 0 amide bonds. The molecule has 1 atom stereocenters. The molecule has 0 aliphatic heterocycles. The fourth-order valence-corrected chi connectivity index (χ4v) is 3.15. The normalized spacial score (nSPS) is 12.2. The zero-order valence-corrected chi connectivity index (χ0v) is 17.2. The van der Waals surface area contributed by atoms with Gasteiger partial charge in [0.1, 0.15) is 11.6 Å². The van der Waals surface area contributed by atoms with Gasteiger partial charge in [-0.15, -0.1) is 0 Å². The van der Waals surface area contributed by atoms with Crippen LogP contribution in [0, 0.1) is 34.6 Å². The van der Waals surface area contributed by atoms with Crippen LogP contribution < -0.4 is 5.32 Å². The Hall–Kier alpha value is -2.69. The molecule has 1 N–H and O–H groups in total. The van der Waals surface area contributed by atoms with Crippen LogP contribution in [0.5, 0.6) is 0 Å². The summed E-state index contributed by atoms with van der Waals surface area (Å²) < 4.78 is 2.09. The SMILES string of the molecule is Cc1ccc(CNc2cc(C(C)Cn3nc(C)c(C)c3C)nc(C)n2)cc1. The van der Waals surface area contributed by atoms with Crippen molar-refractivity contribution in [3.63, 3.8) is 0 Å². The highest BCUT2D eigenvalue weighted by molar-refractivity contribution is 5.38. The summed E-state index contributed by atoms with van der Waals surface area (Å²) in [5.41, 5.74) is 7.14. The molecule has 3 rings (SSSR count). The zero-order valence-electron chi connectivity index (χ0n) is 17.2. The van der Waals surface area contributed by atoms with Crippen LogP contribution in [-0.4, -0.2) is 19.7 Å². The summed E-state index contributed by atoms with van der Waals surface area (Å²) >= 11 is 0. The van der Waals surface area contributed by atoms with Crippen molar-refractivity contribution in [3.05, 3.63) is 69.9 Å². The van der Waals surface area contributed by atoms with E-state index in [4.69, 9.17) is 0 Å². The van der Waals surface area contributed by atoms with Crippen molar-refractivity contribution >= 4 is 5.82 Å². The molecule has 27 heavy (non-hydrogen) atoms. The molecule has 0 saturated carbocycles. The van der Waals surface area contributed by atoms with E-state index in [9.17, 15) is 0 Å². The molecule has 0 saturated heterocycles. The van der Waals surface area contributed by atoms with Gasteiger partial charge in [0.15, 0.2) is 0 Å². The van der Waals surface area contributed by atoms with E-state index < -0.39 is 0 Å². The maximum Gasteiger partial charge on any atom is 0.130 e. The van der Waals surface area contributed by atoms with Crippen molar-refractivity contribution in [2.24, 2.45) is 0 Å². The summed E-state index contributed by atoms with van der Waals surface area (Å²) in [4.78, 5) is 9.21. The van der Waals surface area contributed by atoms with E-state index in [1.807, 2.05) is 6.92 Å². The fourth-order valence-electron chi connectivity index (χ4n) is 3.15. The largest absolute Gasteiger partial charge is 0.366 e. The predicted molar refractivity (Wildman–Crippen MR) is 110 cm³/mol. The molecular formula is C22H29N5. The average molecular weight is 364 g/mol. The molecular weight excluding hydrogens is 334 g/mol. The number of nitrogens with zero attached hydrogens (tertiary/aromatic N) is 4. The van der Waals surface area contributed by atoms with Crippen molar-refractivity contribution in [1.29, 1.82) is 0 Å². The molecule has 2 aromatic heterocycles. The topological polar surface area (TPSA) is 55.6 Å². The van der Waals surface area contributed by atoms with Gasteiger partial charge in [0.05, 0.1) is 11.4 Å². The Balaban J connectivity index is 1.73. The Kier molecular flexibility index (Phi) is 5.59. The number of nitrogens with one attached hydrogen (secondary N) is 1. The molecule has 1 unspecified atom stereocenters. The predicted octanol–water partition coefficient (Wildman–Crippen LogP) is 4.63. The molecule has 0 aliphatic rings. The molecule has 0 spiro atoms. The standard InChI is InChI=1S/C22H29N5/c1-14-7-9-20(10-8-14)12-23-22-11-21(24-19(6)25-22)15(2)13-27-18(5)16(3)17(4)26-27/h7-11,15H,12-13H2,1-6H3,(H,23,24,25). The molecule has 2 heterocycles. The van der Waals surface area contributed by atoms with Crippen molar-refractivity contribution in [2.45, 2.75) is 60.5 Å². The first-order valence-corrected chi connectivity index (χ1v) is 9.49. The molecule has 0 fully saturated rings. The van der Waals surface area contributed by atoms with E-state index in [2.05, 4.69) is 90.0 Å². The van der Waals surface area contributed by atoms with E-state index in [1.54, 1.807) is 0 Å². The molecule has 1 aromatic carbocycles. The van der Waals surface area contributed by atoms with Gasteiger partial charge >= 0.3 is 0 Å². The maximum atomic E-state index is 4.66. The van der Waals surface area contributed by atoms with Crippen molar-refractivity contribution in [2.75, 3.05) is 5.32 Å². The molecule has 5 nitrogen and oxygen atoms in total. The number of hydrogen-bond acceptors (Lipinski definition) is 4. The number of anilines is 1. The summed E-state index contributed by atoms with van der Waals surface area (Å²) in [6.07, 6.45) is 0. The van der Waals surface area contributed by atoms with E-state index in [-0.39, 0.29) is 5.92 Å². The van der Waals surface area contributed by atoms with Crippen LogP contribution in [0.2, 0.25) is 0 Å². The number of benzene rings is 1. The van der Waals surface area contributed by atoms with Gasteiger partial charge < -0.3 is 5.32 Å². The molecule has 0 bridgehead atoms. The Labute approximate surface area is 161 Å². The highest BCUT2D eigenvalue weighted by atomic mass is 15.3. The van der Waals surface area contributed by atoms with Crippen molar-refractivity contribution < 1.29 is 0 Å². The van der Waals surface area contributed by atoms with Gasteiger partial charge in [-0.3, -0.25) is 4.68 Å². The monoisotopic (exact) mass is 363 g/mol. The van der Waals surface area contributed by atoms with E-state index in [0.29, 0.717) is 0 Å². The van der Waals surface area contributed by atoms with Gasteiger partial charge in [0, 0.05) is 30.8 Å². The smallest absolute Gasteiger partial charge is 0.130 e. The zero-order chi connectivity index (χ0) is 19.6. The van der Waals surface area contributed by atoms with Gasteiger partial charge in [0.2, 0.25) is 0 Å². The first-order valence-electron chi connectivity index (χ1n) is 9.49. The minimum absolute atomic E-state index is 0.254. The Morgan fingerprint density at radius 2 is 1.70 bits per heavy atom. The molecule has 0 radical (unpaired) electrons. The van der Waals surface area contributed by atoms with Crippen LogP contribution in [0.3, 0.4) is 0 Å². The lowest BCUT2D eigenvalue weighted by Gasteiger charge is -2.15. The summed E-state index contributed by atoms with van der Waals surface area (Å²) in [7, 11) is 0. The lowest BCUT2D eigenvalue weighted by atomic mass is 10.1. The van der Waals surface area contributed by atoms with Gasteiger partial charge in [-0.25, -0.2) is 9.97 Å². The highest BCUT2D eigenvalue weighted by Crippen LogP contribution is 2.21. The minimum atomic E-state index is 0.254. The van der Waals surface area contributed by atoms with E-state index in [0.717, 1.165) is 36.1 Å². The van der Waals surface area contributed by atoms with Crippen LogP contribution in [0.4, 0.5) is 5.82 Å². The van der Waals surface area contributed by atoms with Crippen molar-refractivity contribution in [3.8, 4) is 0 Å². The Bertz CT molecular complexity index is 925. The van der Waals surface area contributed by atoms with Gasteiger partial charge in [-0.1, -0.05) is 36.8 Å². The first kappa shape index (κ1) is 19.1. The second-order valence-electron chi connectivity index (χ2n) is 7.44. The second kappa shape index (κ2) is 7.91. The first-order chi connectivity index (χ1) is 12.8. The number of aryl methyl sites for hydroxylation is 3. The summed E-state index contributed by atoms with van der Waals surface area (Å²) in [5.74, 6) is 1.91. The van der Waals surface area contributed by atoms with Gasteiger partial charge in [0.25, 0.3) is 0 Å². The van der Waals surface area contributed by atoms with Crippen LogP contribution in [0.25, 0.3) is 0 Å². The second-order valence-corrected chi connectivity index (χ2v) is 7.44. The lowest BCUT2D eigenvalue weighted by Crippen LogP contribution is -2.13. The number of rotatable bonds is 6. The molecule has 3 aromatic rings. The third-order valence-corrected chi connectivity index (χ3v) is 5.15. The third kappa shape index (κ3) is 4.54. The Morgan fingerprint density at radius 3 is 2.33 bits per heavy atom. The van der Waals surface area contributed by atoms with Crippen LogP contribution >= 0.6 is 0 Å². The summed E-state index contributed by atoms with van der Waals surface area (Å²) in [5, 5.41) is 8.09. The van der Waals surface area contributed by atoms with Crippen LogP contribution in [0.15, 0.2) is 30.3 Å². The minimum Gasteiger partial charge on any atom is -0.366 e. The van der Waals surface area contributed by atoms with Gasteiger partial charge in [-0.2, -0.15) is 5.10 Å². The maximum absolute atomic E-state index is 4.66. The lowest BCUT2D eigenvalue weighted by molar-refractivity contribution is 0.519. The van der Waals surface area contributed by atoms with E-state index in [1.165, 1.54) is 22.4 Å². The quantitative estimate of drug-likeness (QED) is 0.694. The van der Waals surface area contributed by atoms with Gasteiger partial charge in [-0.05, 0) is 45.7 Å². The summed E-state index contributed by atoms with van der Waals surface area (Å²) in [6, 6.07) is 10.6. The summed E-state index contributed by atoms with van der Waals surface area (Å²) in [6.45, 7) is 14.1.